The molecule has 0 aliphatic carbocycles. The van der Waals surface area contributed by atoms with Crippen LogP contribution in [0.3, 0.4) is 0 Å². The Hall–Kier alpha value is -1.26. The number of para-hydroxylation sites is 1. The van der Waals surface area contributed by atoms with Crippen molar-refractivity contribution >= 4 is 28.6 Å². The Kier molecular flexibility index (Phi) is 2.56. The molecule has 0 atom stereocenters. The van der Waals surface area contributed by atoms with E-state index < -0.39 is 5.54 Å². The van der Waals surface area contributed by atoms with Crippen LogP contribution >= 0.6 is 11.6 Å². The molecule has 4 nitrogen and oxygen atoms in total. The summed E-state index contributed by atoms with van der Waals surface area (Å²) in [7, 11) is 0. The summed E-state index contributed by atoms with van der Waals surface area (Å²) >= 11 is 6.14. The van der Waals surface area contributed by atoms with Gasteiger partial charge in [-0.2, -0.15) is 0 Å². The van der Waals surface area contributed by atoms with Crippen molar-refractivity contribution in [2.75, 3.05) is 12.3 Å². The second-order valence-corrected chi connectivity index (χ2v) is 4.79. The molecular weight excluding hydrogens is 226 g/mol. The Morgan fingerprint density at radius 1 is 1.50 bits per heavy atom. The van der Waals surface area contributed by atoms with Gasteiger partial charge in [0.15, 0.2) is 0 Å². The van der Waals surface area contributed by atoms with Gasteiger partial charge in [-0.3, -0.25) is 0 Å². The number of hydrogen-bond acceptors (Lipinski definition) is 3. The monoisotopic (exact) mass is 239 g/mol. The predicted molar refractivity (Wildman–Crippen MR) is 65.6 cm³/mol. The van der Waals surface area contributed by atoms with Crippen LogP contribution in [0.2, 0.25) is 5.02 Å². The first-order chi connectivity index (χ1) is 7.47. The number of aliphatic hydroxyl groups excluding tert-OH is 1. The summed E-state index contributed by atoms with van der Waals surface area (Å²) in [5, 5.41) is 9.98. The zero-order valence-corrected chi connectivity index (χ0v) is 9.99. The number of imidazole rings is 1. The maximum absolute atomic E-state index is 9.39. The lowest BCUT2D eigenvalue weighted by Crippen LogP contribution is -2.31. The number of aliphatic hydroxyl groups is 1. The van der Waals surface area contributed by atoms with Gasteiger partial charge in [0.25, 0.3) is 0 Å². The largest absolute Gasteiger partial charge is 0.394 e. The Morgan fingerprint density at radius 3 is 2.81 bits per heavy atom. The summed E-state index contributed by atoms with van der Waals surface area (Å²) in [5.41, 5.74) is 6.85. The zero-order valence-electron chi connectivity index (χ0n) is 9.24. The number of halogens is 1. The van der Waals surface area contributed by atoms with Crippen LogP contribution in [-0.2, 0) is 5.54 Å². The van der Waals surface area contributed by atoms with E-state index in [1.165, 1.54) is 0 Å². The minimum absolute atomic E-state index is 0.0338. The molecule has 0 aliphatic rings. The lowest BCUT2D eigenvalue weighted by molar-refractivity contribution is 0.169. The van der Waals surface area contributed by atoms with Gasteiger partial charge in [0.2, 0.25) is 5.95 Å². The minimum Gasteiger partial charge on any atom is -0.394 e. The fourth-order valence-corrected chi connectivity index (χ4v) is 2.04. The van der Waals surface area contributed by atoms with Crippen molar-refractivity contribution in [3.63, 3.8) is 0 Å². The van der Waals surface area contributed by atoms with Crippen LogP contribution in [0.5, 0.6) is 0 Å². The SMILES string of the molecule is CC(C)(CO)n1c(N)nc2cccc(Cl)c21. The van der Waals surface area contributed by atoms with Gasteiger partial charge < -0.3 is 15.4 Å². The molecule has 3 N–H and O–H groups in total. The number of fused-ring (bicyclic) bond motifs is 1. The van der Waals surface area contributed by atoms with Crippen LogP contribution in [0.25, 0.3) is 11.0 Å². The number of hydrogen-bond donors (Lipinski definition) is 2. The number of nitrogen functional groups attached to an aromatic ring is 1. The summed E-state index contributed by atoms with van der Waals surface area (Å²) in [6, 6.07) is 5.46. The Morgan fingerprint density at radius 2 is 2.19 bits per heavy atom. The molecule has 0 unspecified atom stereocenters. The van der Waals surface area contributed by atoms with Crippen molar-refractivity contribution in [1.82, 2.24) is 9.55 Å². The van der Waals surface area contributed by atoms with Crippen molar-refractivity contribution in [3.05, 3.63) is 23.2 Å². The first-order valence-electron chi connectivity index (χ1n) is 5.01. The lowest BCUT2D eigenvalue weighted by Gasteiger charge is -2.26. The third-order valence-electron chi connectivity index (χ3n) is 2.65. The first kappa shape index (κ1) is 11.2. The Bertz CT molecular complexity index is 533. The predicted octanol–water partition coefficient (Wildman–Crippen LogP) is 2.00. The highest BCUT2D eigenvalue weighted by atomic mass is 35.5. The molecular formula is C11H14ClN3O. The molecule has 1 aromatic carbocycles. The number of nitrogens with two attached hydrogens (primary N) is 1. The normalized spacial score (nSPS) is 12.2. The third kappa shape index (κ3) is 1.54. The van der Waals surface area contributed by atoms with Crippen LogP contribution in [0.1, 0.15) is 13.8 Å². The molecule has 0 spiro atoms. The smallest absolute Gasteiger partial charge is 0.201 e. The summed E-state index contributed by atoms with van der Waals surface area (Å²) in [6.07, 6.45) is 0. The second-order valence-electron chi connectivity index (χ2n) is 4.38. The number of benzene rings is 1. The molecule has 0 bridgehead atoms. The van der Waals surface area contributed by atoms with Crippen molar-refractivity contribution in [2.45, 2.75) is 19.4 Å². The van der Waals surface area contributed by atoms with Gasteiger partial charge in [0.1, 0.15) is 0 Å². The van der Waals surface area contributed by atoms with E-state index in [1.54, 1.807) is 10.6 Å². The van der Waals surface area contributed by atoms with Crippen molar-refractivity contribution in [3.8, 4) is 0 Å². The Labute approximate surface area is 98.6 Å². The van der Waals surface area contributed by atoms with Gasteiger partial charge in [-0.25, -0.2) is 4.98 Å². The zero-order chi connectivity index (χ0) is 11.9. The molecule has 16 heavy (non-hydrogen) atoms. The van der Waals surface area contributed by atoms with Gasteiger partial charge in [-0.1, -0.05) is 17.7 Å². The molecule has 2 rings (SSSR count). The van der Waals surface area contributed by atoms with E-state index in [4.69, 9.17) is 17.3 Å². The molecule has 0 fully saturated rings. The number of anilines is 1. The second kappa shape index (κ2) is 3.64. The highest BCUT2D eigenvalue weighted by Crippen LogP contribution is 2.31. The molecule has 86 valence electrons. The lowest BCUT2D eigenvalue weighted by atomic mass is 10.1. The van der Waals surface area contributed by atoms with Crippen molar-refractivity contribution < 1.29 is 5.11 Å². The van der Waals surface area contributed by atoms with Crippen LogP contribution in [0.4, 0.5) is 5.95 Å². The number of rotatable bonds is 2. The molecule has 1 heterocycles. The van der Waals surface area contributed by atoms with E-state index in [0.717, 1.165) is 11.0 Å². The molecule has 0 radical (unpaired) electrons. The van der Waals surface area contributed by atoms with E-state index in [1.807, 2.05) is 26.0 Å². The van der Waals surface area contributed by atoms with Gasteiger partial charge in [-0.05, 0) is 26.0 Å². The molecule has 0 saturated carbocycles. The number of nitrogens with zero attached hydrogens (tertiary/aromatic N) is 2. The van der Waals surface area contributed by atoms with E-state index >= 15 is 0 Å². The molecule has 0 aliphatic heterocycles. The highest BCUT2D eigenvalue weighted by Gasteiger charge is 2.25. The summed E-state index contributed by atoms with van der Waals surface area (Å²) in [6.45, 7) is 3.73. The van der Waals surface area contributed by atoms with Gasteiger partial charge >= 0.3 is 0 Å². The third-order valence-corrected chi connectivity index (χ3v) is 2.95. The topological polar surface area (TPSA) is 64.1 Å². The molecule has 5 heteroatoms. The van der Waals surface area contributed by atoms with Crippen LogP contribution in [0, 0.1) is 0 Å². The molecule has 1 aromatic heterocycles. The van der Waals surface area contributed by atoms with E-state index in [-0.39, 0.29) is 6.61 Å². The fraction of sp³-hybridized carbons (Fsp3) is 0.364. The maximum atomic E-state index is 9.39. The van der Waals surface area contributed by atoms with Crippen LogP contribution in [-0.4, -0.2) is 21.3 Å². The van der Waals surface area contributed by atoms with E-state index in [0.29, 0.717) is 11.0 Å². The van der Waals surface area contributed by atoms with E-state index in [2.05, 4.69) is 4.98 Å². The van der Waals surface area contributed by atoms with Gasteiger partial charge in [0.05, 0.1) is 28.2 Å². The number of aromatic nitrogens is 2. The highest BCUT2D eigenvalue weighted by molar-refractivity contribution is 6.35. The molecule has 0 saturated heterocycles. The van der Waals surface area contributed by atoms with Crippen molar-refractivity contribution in [1.29, 1.82) is 0 Å². The molecule has 0 amide bonds. The maximum Gasteiger partial charge on any atom is 0.201 e. The van der Waals surface area contributed by atoms with Gasteiger partial charge in [0, 0.05) is 0 Å². The first-order valence-corrected chi connectivity index (χ1v) is 5.39. The summed E-state index contributed by atoms with van der Waals surface area (Å²) < 4.78 is 1.77. The summed E-state index contributed by atoms with van der Waals surface area (Å²) in [5.74, 6) is 0.363. The average Bonchev–Trinajstić information content (AvgIpc) is 2.56. The molecule has 2 aromatic rings. The van der Waals surface area contributed by atoms with E-state index in [9.17, 15) is 5.11 Å². The van der Waals surface area contributed by atoms with Crippen molar-refractivity contribution in [2.24, 2.45) is 0 Å². The van der Waals surface area contributed by atoms with Gasteiger partial charge in [-0.15, -0.1) is 0 Å². The standard InChI is InChI=1S/C11H14ClN3O/c1-11(2,6-16)15-9-7(12)4-3-5-8(9)14-10(15)13/h3-5,16H,6H2,1-2H3,(H2,13,14). The average molecular weight is 240 g/mol. The Balaban J connectivity index is 2.83. The fourth-order valence-electron chi connectivity index (χ4n) is 1.79. The van der Waals surface area contributed by atoms with Crippen LogP contribution in [0.15, 0.2) is 18.2 Å². The summed E-state index contributed by atoms with van der Waals surface area (Å²) in [4.78, 5) is 4.23. The van der Waals surface area contributed by atoms with Crippen LogP contribution < -0.4 is 5.73 Å². The minimum atomic E-state index is -0.524. The quantitative estimate of drug-likeness (QED) is 0.843.